The molecule has 5 heteroatoms. The quantitative estimate of drug-likeness (QED) is 0.522. The number of hydrazone groups is 1. The van der Waals surface area contributed by atoms with Crippen LogP contribution in [0.4, 0.5) is 10.8 Å². The van der Waals surface area contributed by atoms with Crippen molar-refractivity contribution in [3.8, 4) is 0 Å². The lowest BCUT2D eigenvalue weighted by atomic mass is 10.1. The number of anilines is 2. The largest absolute Gasteiger partial charge is 0.367 e. The molecule has 4 nitrogen and oxygen atoms in total. The van der Waals surface area contributed by atoms with Gasteiger partial charge in [0.05, 0.1) is 11.9 Å². The van der Waals surface area contributed by atoms with Crippen LogP contribution in [0, 0.1) is 6.92 Å². The Morgan fingerprint density at radius 1 is 1.52 bits per heavy atom. The lowest BCUT2D eigenvalue weighted by Crippen LogP contribution is -2.19. The summed E-state index contributed by atoms with van der Waals surface area (Å²) in [6, 6.07) is 6.47. The van der Waals surface area contributed by atoms with Crippen molar-refractivity contribution < 1.29 is 0 Å². The summed E-state index contributed by atoms with van der Waals surface area (Å²) in [6.07, 6.45) is 4.88. The molecule has 1 aliphatic heterocycles. The van der Waals surface area contributed by atoms with Gasteiger partial charge in [0.2, 0.25) is 5.13 Å². The number of aryl methyl sites for hydroxylation is 1. The Morgan fingerprint density at radius 3 is 3.19 bits per heavy atom. The fourth-order valence-corrected chi connectivity index (χ4v) is 3.12. The summed E-state index contributed by atoms with van der Waals surface area (Å²) in [5, 5.41) is 7.07. The number of fused-ring (bicyclic) bond motifs is 1. The maximum Gasteiger partial charge on any atom is 0.203 e. The van der Waals surface area contributed by atoms with Gasteiger partial charge in [-0.15, -0.1) is 17.9 Å². The van der Waals surface area contributed by atoms with Gasteiger partial charge in [0.1, 0.15) is 0 Å². The molecule has 21 heavy (non-hydrogen) atoms. The van der Waals surface area contributed by atoms with Crippen LogP contribution in [0.1, 0.15) is 16.8 Å². The van der Waals surface area contributed by atoms with Crippen molar-refractivity contribution in [2.45, 2.75) is 13.3 Å². The molecule has 0 aliphatic carbocycles. The molecule has 3 rings (SSSR count). The molecule has 2 heterocycles. The molecule has 0 bridgehead atoms. The second kappa shape index (κ2) is 6.10. The van der Waals surface area contributed by atoms with E-state index in [4.69, 9.17) is 0 Å². The topological polar surface area (TPSA) is 40.5 Å². The highest BCUT2D eigenvalue weighted by Crippen LogP contribution is 2.28. The Balaban J connectivity index is 1.68. The van der Waals surface area contributed by atoms with Crippen LogP contribution in [0.15, 0.2) is 41.3 Å². The summed E-state index contributed by atoms with van der Waals surface area (Å²) in [7, 11) is 0. The minimum Gasteiger partial charge on any atom is -0.367 e. The van der Waals surface area contributed by atoms with E-state index < -0.39 is 0 Å². The molecule has 1 aromatic heterocycles. The summed E-state index contributed by atoms with van der Waals surface area (Å²) in [4.78, 5) is 6.65. The van der Waals surface area contributed by atoms with Crippen LogP contribution < -0.4 is 10.3 Å². The van der Waals surface area contributed by atoms with Crippen LogP contribution in [0.2, 0.25) is 0 Å². The molecule has 0 unspecified atom stereocenters. The second-order valence-corrected chi connectivity index (χ2v) is 5.89. The van der Waals surface area contributed by atoms with Gasteiger partial charge in [0.25, 0.3) is 0 Å². The number of benzene rings is 1. The molecule has 0 saturated heterocycles. The third kappa shape index (κ3) is 3.13. The molecule has 0 spiro atoms. The van der Waals surface area contributed by atoms with Crippen LogP contribution in [-0.4, -0.2) is 24.3 Å². The number of aromatic nitrogens is 1. The Bertz CT molecular complexity index is 675. The summed E-state index contributed by atoms with van der Waals surface area (Å²) in [5.41, 5.74) is 7.78. The van der Waals surface area contributed by atoms with Gasteiger partial charge < -0.3 is 4.90 Å². The van der Waals surface area contributed by atoms with E-state index in [1.54, 1.807) is 11.3 Å². The van der Waals surface area contributed by atoms with Crippen molar-refractivity contribution in [1.29, 1.82) is 0 Å². The van der Waals surface area contributed by atoms with E-state index in [0.29, 0.717) is 0 Å². The predicted octanol–water partition coefficient (Wildman–Crippen LogP) is 3.45. The van der Waals surface area contributed by atoms with Crippen LogP contribution in [-0.2, 0) is 6.42 Å². The van der Waals surface area contributed by atoms with Crippen LogP contribution >= 0.6 is 11.3 Å². The third-order valence-corrected chi connectivity index (χ3v) is 4.30. The molecule has 2 aromatic rings. The maximum absolute atomic E-state index is 4.31. The molecule has 0 amide bonds. The van der Waals surface area contributed by atoms with Crippen LogP contribution in [0.25, 0.3) is 0 Å². The van der Waals surface area contributed by atoms with E-state index in [1.165, 1.54) is 11.3 Å². The van der Waals surface area contributed by atoms with Crippen LogP contribution in [0.5, 0.6) is 0 Å². The highest BCUT2D eigenvalue weighted by atomic mass is 32.1. The number of nitrogens with one attached hydrogen (secondary N) is 1. The van der Waals surface area contributed by atoms with Gasteiger partial charge in [-0.3, -0.25) is 5.43 Å². The first-order valence-electron chi connectivity index (χ1n) is 6.96. The van der Waals surface area contributed by atoms with Crippen molar-refractivity contribution >= 4 is 28.4 Å². The molecular formula is C16H18N4S. The molecule has 1 N–H and O–H groups in total. The van der Waals surface area contributed by atoms with E-state index in [1.807, 2.05) is 24.6 Å². The normalized spacial score (nSPS) is 13.7. The summed E-state index contributed by atoms with van der Waals surface area (Å²) < 4.78 is 0. The van der Waals surface area contributed by atoms with Gasteiger partial charge in [-0.1, -0.05) is 12.1 Å². The Hall–Kier alpha value is -2.14. The smallest absolute Gasteiger partial charge is 0.203 e. The zero-order chi connectivity index (χ0) is 14.7. The van der Waals surface area contributed by atoms with Gasteiger partial charge in [-0.25, -0.2) is 4.98 Å². The molecular weight excluding hydrogens is 280 g/mol. The zero-order valence-electron chi connectivity index (χ0n) is 12.0. The second-order valence-electron chi connectivity index (χ2n) is 5.04. The number of thiazole rings is 1. The Kier molecular flexibility index (Phi) is 4.01. The van der Waals surface area contributed by atoms with E-state index in [9.17, 15) is 0 Å². The fourth-order valence-electron chi connectivity index (χ4n) is 2.48. The Morgan fingerprint density at radius 2 is 2.43 bits per heavy atom. The van der Waals surface area contributed by atoms with Gasteiger partial charge in [0, 0.05) is 24.2 Å². The number of hydrogen-bond acceptors (Lipinski definition) is 5. The molecule has 0 atom stereocenters. The van der Waals surface area contributed by atoms with E-state index in [2.05, 4.69) is 45.2 Å². The number of nitrogens with zero attached hydrogens (tertiary/aromatic N) is 3. The lowest BCUT2D eigenvalue weighted by molar-refractivity contribution is 0.905. The molecule has 0 saturated carbocycles. The molecule has 0 radical (unpaired) electrons. The third-order valence-electron chi connectivity index (χ3n) is 3.44. The van der Waals surface area contributed by atoms with Crippen molar-refractivity contribution in [2.75, 3.05) is 23.4 Å². The highest BCUT2D eigenvalue weighted by molar-refractivity contribution is 7.13. The average Bonchev–Trinajstić information content (AvgIpc) is 3.06. The first kappa shape index (κ1) is 13.8. The van der Waals surface area contributed by atoms with E-state index in [-0.39, 0.29) is 0 Å². The number of hydrogen-bond donors (Lipinski definition) is 1. The van der Waals surface area contributed by atoms with Gasteiger partial charge >= 0.3 is 0 Å². The summed E-state index contributed by atoms with van der Waals surface area (Å²) >= 11 is 1.56. The summed E-state index contributed by atoms with van der Waals surface area (Å²) in [5.74, 6) is 0. The van der Waals surface area contributed by atoms with Gasteiger partial charge in [-0.2, -0.15) is 5.10 Å². The predicted molar refractivity (Wildman–Crippen MR) is 90.6 cm³/mol. The Labute approximate surface area is 128 Å². The van der Waals surface area contributed by atoms with Gasteiger partial charge in [-0.05, 0) is 36.6 Å². The monoisotopic (exact) mass is 298 g/mol. The van der Waals surface area contributed by atoms with E-state index >= 15 is 0 Å². The maximum atomic E-state index is 4.31. The average molecular weight is 298 g/mol. The standard InChI is InChI=1S/C16H18N4S/c1-3-7-20-8-6-14-9-13(4-5-15(14)20)10-17-19-16-18-12(2)11-21-16/h3-5,9-11H,1,6-8H2,2H3,(H,18,19). The van der Waals surface area contributed by atoms with Crippen molar-refractivity contribution in [3.05, 3.63) is 53.1 Å². The van der Waals surface area contributed by atoms with E-state index in [0.717, 1.165) is 35.9 Å². The summed E-state index contributed by atoms with van der Waals surface area (Å²) in [6.45, 7) is 7.76. The zero-order valence-corrected chi connectivity index (χ0v) is 12.9. The lowest BCUT2D eigenvalue weighted by Gasteiger charge is -2.16. The highest BCUT2D eigenvalue weighted by Gasteiger charge is 2.17. The number of rotatable bonds is 5. The minimum absolute atomic E-state index is 0.821. The van der Waals surface area contributed by atoms with Gasteiger partial charge in [0.15, 0.2) is 0 Å². The van der Waals surface area contributed by atoms with Crippen molar-refractivity contribution in [1.82, 2.24) is 4.98 Å². The SMILES string of the molecule is C=CCN1CCc2cc(C=NNc3nc(C)cs3)ccc21. The molecule has 108 valence electrons. The molecule has 1 aliphatic rings. The van der Waals surface area contributed by atoms with Crippen LogP contribution in [0.3, 0.4) is 0 Å². The minimum atomic E-state index is 0.821. The molecule has 1 aromatic carbocycles. The van der Waals surface area contributed by atoms with Crippen molar-refractivity contribution in [2.24, 2.45) is 5.10 Å². The fraction of sp³-hybridized carbons (Fsp3) is 0.250. The molecule has 0 fully saturated rings. The van der Waals surface area contributed by atoms with Crippen molar-refractivity contribution in [3.63, 3.8) is 0 Å². The first-order chi connectivity index (χ1) is 10.3. The first-order valence-corrected chi connectivity index (χ1v) is 7.84.